The van der Waals surface area contributed by atoms with E-state index in [4.69, 9.17) is 9.47 Å². The molecule has 0 spiro atoms. The first-order chi connectivity index (χ1) is 14.5. The van der Waals surface area contributed by atoms with Crippen molar-refractivity contribution in [1.29, 1.82) is 0 Å². The number of hydrogen-bond donors (Lipinski definition) is 2. The second kappa shape index (κ2) is 9.23. The molecule has 0 aromatic heterocycles. The number of rotatable bonds is 8. The van der Waals surface area contributed by atoms with E-state index >= 15 is 0 Å². The molecule has 1 aliphatic rings. The van der Waals surface area contributed by atoms with E-state index in [2.05, 4.69) is 5.32 Å². The van der Waals surface area contributed by atoms with E-state index in [-0.39, 0.29) is 36.7 Å². The predicted molar refractivity (Wildman–Crippen MR) is 109 cm³/mol. The molecule has 0 saturated heterocycles. The average Bonchev–Trinajstić information content (AvgIpc) is 3.09. The lowest BCUT2D eigenvalue weighted by atomic mass is 10.0. The summed E-state index contributed by atoms with van der Waals surface area (Å²) in [4.78, 5) is 39.3. The zero-order valence-corrected chi connectivity index (χ0v) is 16.7. The smallest absolute Gasteiger partial charge is 0.337 e. The number of aliphatic hydroxyl groups is 1. The van der Waals surface area contributed by atoms with Crippen LogP contribution in [0, 0.1) is 0 Å². The normalized spacial score (nSPS) is 13.4. The van der Waals surface area contributed by atoms with Crippen molar-refractivity contribution >= 4 is 23.3 Å². The van der Waals surface area contributed by atoms with E-state index in [9.17, 15) is 19.5 Å². The zero-order valence-electron chi connectivity index (χ0n) is 16.7. The van der Waals surface area contributed by atoms with Crippen LogP contribution in [0.15, 0.2) is 59.8 Å². The molecule has 0 saturated carbocycles. The standard InChI is InChI=1S/C22H22N2O6/c1-29-15-9-7-14(8-10-15)20(26)16-5-3-4-6-18(16)23-19-17(22(28)30-2)13-24(11-12-25)21(19)27/h3-10,23,25H,11-13H2,1-2H3. The number of benzene rings is 2. The largest absolute Gasteiger partial charge is 0.497 e. The van der Waals surface area contributed by atoms with Gasteiger partial charge in [0.25, 0.3) is 5.91 Å². The van der Waals surface area contributed by atoms with Gasteiger partial charge in [-0.05, 0) is 36.4 Å². The second-order valence-corrected chi connectivity index (χ2v) is 6.52. The van der Waals surface area contributed by atoms with Crippen molar-refractivity contribution in [1.82, 2.24) is 4.90 Å². The summed E-state index contributed by atoms with van der Waals surface area (Å²) in [5.74, 6) is -0.716. The first-order valence-corrected chi connectivity index (χ1v) is 9.26. The third-order valence-electron chi connectivity index (χ3n) is 4.74. The van der Waals surface area contributed by atoms with E-state index in [0.717, 1.165) is 0 Å². The number of ether oxygens (including phenoxy) is 2. The van der Waals surface area contributed by atoms with Crippen LogP contribution in [0.2, 0.25) is 0 Å². The molecule has 1 aliphatic heterocycles. The number of nitrogens with zero attached hydrogens (tertiary/aromatic N) is 1. The van der Waals surface area contributed by atoms with Crippen molar-refractivity contribution in [2.45, 2.75) is 0 Å². The molecule has 0 bridgehead atoms. The number of carbonyl (C=O) groups excluding carboxylic acids is 3. The minimum atomic E-state index is -0.648. The van der Waals surface area contributed by atoms with Crippen LogP contribution in [0.25, 0.3) is 0 Å². The van der Waals surface area contributed by atoms with Crippen LogP contribution < -0.4 is 10.1 Å². The minimum absolute atomic E-state index is 0.0169. The fraction of sp³-hybridized carbons (Fsp3) is 0.227. The van der Waals surface area contributed by atoms with E-state index in [0.29, 0.717) is 22.6 Å². The van der Waals surface area contributed by atoms with E-state index < -0.39 is 11.9 Å². The van der Waals surface area contributed by atoms with Crippen LogP contribution in [-0.4, -0.2) is 61.6 Å². The third-order valence-corrected chi connectivity index (χ3v) is 4.74. The van der Waals surface area contributed by atoms with Crippen LogP contribution in [-0.2, 0) is 14.3 Å². The first-order valence-electron chi connectivity index (χ1n) is 9.26. The number of carbonyl (C=O) groups is 3. The number of hydrogen-bond acceptors (Lipinski definition) is 7. The quantitative estimate of drug-likeness (QED) is 0.503. The number of nitrogens with one attached hydrogen (secondary N) is 1. The maximum Gasteiger partial charge on any atom is 0.337 e. The molecule has 0 aliphatic carbocycles. The Morgan fingerprint density at radius 3 is 2.43 bits per heavy atom. The maximum absolute atomic E-state index is 13.0. The Labute approximate surface area is 173 Å². The van der Waals surface area contributed by atoms with Crippen LogP contribution in [0.5, 0.6) is 5.75 Å². The number of β-amino-alcohol motifs (C(OH)–C–C–N with tert-alkyl or cyclic N) is 1. The monoisotopic (exact) mass is 410 g/mol. The molecule has 8 heteroatoms. The summed E-state index contributed by atoms with van der Waals surface area (Å²) in [6.45, 7) is -0.139. The lowest BCUT2D eigenvalue weighted by Gasteiger charge is -2.16. The van der Waals surface area contributed by atoms with Gasteiger partial charge in [0, 0.05) is 23.4 Å². The highest BCUT2D eigenvalue weighted by Crippen LogP contribution is 2.26. The number of anilines is 1. The molecule has 1 heterocycles. The highest BCUT2D eigenvalue weighted by molar-refractivity contribution is 6.14. The van der Waals surface area contributed by atoms with Crippen LogP contribution in [0.3, 0.4) is 0 Å². The van der Waals surface area contributed by atoms with Crippen LogP contribution in [0.4, 0.5) is 5.69 Å². The molecular formula is C22H22N2O6. The Morgan fingerprint density at radius 1 is 1.10 bits per heavy atom. The number of methoxy groups -OCH3 is 2. The molecular weight excluding hydrogens is 388 g/mol. The SMILES string of the molecule is COC(=O)C1=C(Nc2ccccc2C(=O)c2ccc(OC)cc2)C(=O)N(CCO)C1. The number of ketones is 1. The Kier molecular flexibility index (Phi) is 6.48. The zero-order chi connectivity index (χ0) is 21.7. The molecule has 0 atom stereocenters. The van der Waals surface area contributed by atoms with E-state index in [1.807, 2.05) is 0 Å². The average molecular weight is 410 g/mol. The van der Waals surface area contributed by atoms with Gasteiger partial charge in [0.15, 0.2) is 5.78 Å². The molecule has 30 heavy (non-hydrogen) atoms. The Bertz CT molecular complexity index is 997. The predicted octanol–water partition coefficient (Wildman–Crippen LogP) is 1.60. The highest BCUT2D eigenvalue weighted by atomic mass is 16.5. The fourth-order valence-electron chi connectivity index (χ4n) is 3.17. The third kappa shape index (κ3) is 4.18. The summed E-state index contributed by atoms with van der Waals surface area (Å²) in [7, 11) is 2.77. The molecule has 1 amide bonds. The fourth-order valence-corrected chi connectivity index (χ4v) is 3.17. The van der Waals surface area contributed by atoms with E-state index in [1.165, 1.54) is 12.0 Å². The van der Waals surface area contributed by atoms with Gasteiger partial charge in [0.05, 0.1) is 32.9 Å². The highest BCUT2D eigenvalue weighted by Gasteiger charge is 2.35. The molecule has 2 aromatic carbocycles. The Morgan fingerprint density at radius 2 is 1.80 bits per heavy atom. The molecule has 2 aromatic rings. The molecule has 3 rings (SSSR count). The van der Waals surface area contributed by atoms with Gasteiger partial charge in [-0.2, -0.15) is 0 Å². The minimum Gasteiger partial charge on any atom is -0.497 e. The number of para-hydroxylation sites is 1. The summed E-state index contributed by atoms with van der Waals surface area (Å²) >= 11 is 0. The summed E-state index contributed by atoms with van der Waals surface area (Å²) in [5.41, 5.74) is 1.35. The van der Waals surface area contributed by atoms with Gasteiger partial charge in [-0.25, -0.2) is 4.79 Å². The van der Waals surface area contributed by atoms with Gasteiger partial charge >= 0.3 is 5.97 Å². The molecule has 0 unspecified atom stereocenters. The topological polar surface area (TPSA) is 105 Å². The summed E-state index contributed by atoms with van der Waals surface area (Å²) in [5, 5.41) is 12.1. The number of esters is 1. The summed E-state index contributed by atoms with van der Waals surface area (Å²) < 4.78 is 9.91. The molecule has 8 nitrogen and oxygen atoms in total. The van der Waals surface area contributed by atoms with E-state index in [1.54, 1.807) is 55.6 Å². The van der Waals surface area contributed by atoms with Crippen molar-refractivity contribution in [3.8, 4) is 5.75 Å². The summed E-state index contributed by atoms with van der Waals surface area (Å²) in [6.07, 6.45) is 0. The molecule has 0 fully saturated rings. The van der Waals surface area contributed by atoms with Crippen molar-refractivity contribution in [3.05, 3.63) is 70.9 Å². The van der Waals surface area contributed by atoms with Gasteiger partial charge < -0.3 is 24.8 Å². The van der Waals surface area contributed by atoms with Gasteiger partial charge in [-0.3, -0.25) is 9.59 Å². The first kappa shape index (κ1) is 21.1. The van der Waals surface area contributed by atoms with Crippen LogP contribution >= 0.6 is 0 Å². The van der Waals surface area contributed by atoms with Crippen molar-refractivity contribution < 1.29 is 29.0 Å². The van der Waals surface area contributed by atoms with Gasteiger partial charge in [-0.1, -0.05) is 12.1 Å². The van der Waals surface area contributed by atoms with Crippen LogP contribution in [0.1, 0.15) is 15.9 Å². The van der Waals surface area contributed by atoms with Crippen molar-refractivity contribution in [2.75, 3.05) is 39.2 Å². The van der Waals surface area contributed by atoms with Crippen molar-refractivity contribution in [3.63, 3.8) is 0 Å². The Hall–Kier alpha value is -3.65. The second-order valence-electron chi connectivity index (χ2n) is 6.52. The van der Waals surface area contributed by atoms with Gasteiger partial charge in [0.1, 0.15) is 11.4 Å². The number of aliphatic hydroxyl groups excluding tert-OH is 1. The number of amides is 1. The van der Waals surface area contributed by atoms with Crippen molar-refractivity contribution in [2.24, 2.45) is 0 Å². The van der Waals surface area contributed by atoms with Gasteiger partial charge in [-0.15, -0.1) is 0 Å². The maximum atomic E-state index is 13.0. The van der Waals surface area contributed by atoms with Gasteiger partial charge in [0.2, 0.25) is 0 Å². The molecule has 2 N–H and O–H groups in total. The lowest BCUT2D eigenvalue weighted by molar-refractivity contribution is -0.136. The summed E-state index contributed by atoms with van der Waals surface area (Å²) in [6, 6.07) is 13.4. The molecule has 156 valence electrons. The lowest BCUT2D eigenvalue weighted by Crippen LogP contribution is -2.31. The molecule has 0 radical (unpaired) electrons. The Balaban J connectivity index is 1.95.